The van der Waals surface area contributed by atoms with Crippen molar-refractivity contribution in [3.63, 3.8) is 0 Å². The number of aliphatic carboxylic acids is 1. The van der Waals surface area contributed by atoms with Crippen molar-refractivity contribution in [1.29, 1.82) is 0 Å². The number of carboxylic acids is 1. The minimum Gasteiger partial charge on any atom is -0.481 e. The number of carbonyl (C=O) groups excluding carboxylic acids is 2. The molecule has 0 heterocycles. The van der Waals surface area contributed by atoms with Crippen LogP contribution in [0.25, 0.3) is 0 Å². The van der Waals surface area contributed by atoms with E-state index in [4.69, 9.17) is 5.11 Å². The summed E-state index contributed by atoms with van der Waals surface area (Å²) in [4.78, 5) is 34.3. The van der Waals surface area contributed by atoms with E-state index in [1.165, 1.54) is 0 Å². The zero-order valence-electron chi connectivity index (χ0n) is 11.7. The summed E-state index contributed by atoms with van der Waals surface area (Å²) in [7, 11) is 0. The standard InChI is InChI=1S/C14H22N2O4/c1-8-7-10(8)13(18)15-6-5-12(17)16-11-4-2-3-9(11)14(19)20/h8-11H,2-7H2,1H3,(H,15,18)(H,16,17)(H,19,20). The molecular weight excluding hydrogens is 260 g/mol. The number of amides is 2. The van der Waals surface area contributed by atoms with Crippen LogP contribution in [-0.2, 0) is 14.4 Å². The van der Waals surface area contributed by atoms with Gasteiger partial charge >= 0.3 is 5.97 Å². The van der Waals surface area contributed by atoms with E-state index in [0.29, 0.717) is 25.3 Å². The van der Waals surface area contributed by atoms with Gasteiger partial charge < -0.3 is 15.7 Å². The lowest BCUT2D eigenvalue weighted by atomic mass is 10.0. The van der Waals surface area contributed by atoms with Crippen LogP contribution in [0.4, 0.5) is 0 Å². The smallest absolute Gasteiger partial charge is 0.308 e. The molecule has 3 N–H and O–H groups in total. The minimum absolute atomic E-state index is 0.0228. The molecule has 2 amide bonds. The number of rotatable bonds is 6. The molecule has 4 atom stereocenters. The SMILES string of the molecule is CC1CC1C(=O)NCCC(=O)NC1CCCC1C(=O)O. The van der Waals surface area contributed by atoms with Crippen molar-refractivity contribution in [2.45, 2.75) is 45.1 Å². The lowest BCUT2D eigenvalue weighted by molar-refractivity contribution is -0.142. The molecule has 6 nitrogen and oxygen atoms in total. The first-order chi connectivity index (χ1) is 9.49. The van der Waals surface area contributed by atoms with Crippen LogP contribution >= 0.6 is 0 Å². The van der Waals surface area contributed by atoms with Crippen molar-refractivity contribution in [2.75, 3.05) is 6.54 Å². The molecule has 0 aromatic carbocycles. The number of hydrogen-bond acceptors (Lipinski definition) is 3. The molecule has 20 heavy (non-hydrogen) atoms. The molecule has 6 heteroatoms. The quantitative estimate of drug-likeness (QED) is 0.661. The van der Waals surface area contributed by atoms with E-state index in [0.717, 1.165) is 12.8 Å². The van der Waals surface area contributed by atoms with Gasteiger partial charge in [-0.3, -0.25) is 14.4 Å². The zero-order chi connectivity index (χ0) is 14.7. The van der Waals surface area contributed by atoms with Crippen molar-refractivity contribution in [3.05, 3.63) is 0 Å². The van der Waals surface area contributed by atoms with E-state index in [1.807, 2.05) is 6.92 Å². The van der Waals surface area contributed by atoms with E-state index in [2.05, 4.69) is 10.6 Å². The summed E-state index contributed by atoms with van der Waals surface area (Å²) in [5.74, 6) is -0.908. The number of carboxylic acid groups (broad SMARTS) is 1. The van der Waals surface area contributed by atoms with Gasteiger partial charge in [0.05, 0.1) is 5.92 Å². The van der Waals surface area contributed by atoms with Gasteiger partial charge in [0.1, 0.15) is 0 Å². The monoisotopic (exact) mass is 282 g/mol. The summed E-state index contributed by atoms with van der Waals surface area (Å²) < 4.78 is 0. The third-order valence-electron chi connectivity index (χ3n) is 4.28. The second-order valence-corrected chi connectivity index (χ2v) is 5.91. The van der Waals surface area contributed by atoms with Crippen molar-refractivity contribution in [3.8, 4) is 0 Å². The Hall–Kier alpha value is -1.59. The summed E-state index contributed by atoms with van der Waals surface area (Å²) in [5.41, 5.74) is 0. The van der Waals surface area contributed by atoms with Crippen LogP contribution in [0.1, 0.15) is 39.0 Å². The predicted octanol–water partition coefficient (Wildman–Crippen LogP) is 0.518. The minimum atomic E-state index is -0.844. The lowest BCUT2D eigenvalue weighted by Crippen LogP contribution is -2.41. The Bertz CT molecular complexity index is 410. The Morgan fingerprint density at radius 1 is 1.20 bits per heavy atom. The Balaban J connectivity index is 1.65. The van der Waals surface area contributed by atoms with E-state index >= 15 is 0 Å². The molecule has 0 bridgehead atoms. The topological polar surface area (TPSA) is 95.5 Å². The van der Waals surface area contributed by atoms with Crippen LogP contribution in [0.2, 0.25) is 0 Å². The third-order valence-corrected chi connectivity index (χ3v) is 4.28. The van der Waals surface area contributed by atoms with Gasteiger partial charge in [0.2, 0.25) is 11.8 Å². The summed E-state index contributed by atoms with van der Waals surface area (Å²) in [5, 5.41) is 14.5. The molecular formula is C14H22N2O4. The summed E-state index contributed by atoms with van der Waals surface area (Å²) in [6.45, 7) is 2.35. The fourth-order valence-electron chi connectivity index (χ4n) is 2.83. The average Bonchev–Trinajstić information content (AvgIpc) is 2.92. The van der Waals surface area contributed by atoms with Crippen LogP contribution in [0.15, 0.2) is 0 Å². The highest BCUT2D eigenvalue weighted by molar-refractivity contribution is 5.82. The Morgan fingerprint density at radius 3 is 2.50 bits per heavy atom. The number of carbonyl (C=O) groups is 3. The number of hydrogen-bond donors (Lipinski definition) is 3. The Kier molecular flexibility index (Phi) is 4.62. The molecule has 2 fully saturated rings. The van der Waals surface area contributed by atoms with Gasteiger partial charge in [0.15, 0.2) is 0 Å². The summed E-state index contributed by atoms with van der Waals surface area (Å²) in [6, 6.07) is -0.265. The molecule has 2 aliphatic carbocycles. The second kappa shape index (κ2) is 6.24. The first kappa shape index (κ1) is 14.8. The van der Waals surface area contributed by atoms with Crippen molar-refractivity contribution < 1.29 is 19.5 Å². The van der Waals surface area contributed by atoms with E-state index < -0.39 is 11.9 Å². The van der Waals surface area contributed by atoms with Gasteiger partial charge in [-0.25, -0.2) is 0 Å². The van der Waals surface area contributed by atoms with Gasteiger partial charge in [0.25, 0.3) is 0 Å². The largest absolute Gasteiger partial charge is 0.481 e. The highest BCUT2D eigenvalue weighted by Crippen LogP contribution is 2.37. The normalized spacial score (nSPS) is 31.6. The third kappa shape index (κ3) is 3.71. The van der Waals surface area contributed by atoms with Gasteiger partial charge in [-0.2, -0.15) is 0 Å². The highest BCUT2D eigenvalue weighted by Gasteiger charge is 2.39. The zero-order valence-corrected chi connectivity index (χ0v) is 11.7. The number of nitrogens with one attached hydrogen (secondary N) is 2. The van der Waals surface area contributed by atoms with Crippen LogP contribution in [0.5, 0.6) is 0 Å². The second-order valence-electron chi connectivity index (χ2n) is 5.91. The van der Waals surface area contributed by atoms with E-state index in [-0.39, 0.29) is 30.2 Å². The molecule has 4 unspecified atom stereocenters. The summed E-state index contributed by atoms with van der Waals surface area (Å²) >= 11 is 0. The highest BCUT2D eigenvalue weighted by atomic mass is 16.4. The fraction of sp³-hybridized carbons (Fsp3) is 0.786. The van der Waals surface area contributed by atoms with Crippen molar-refractivity contribution in [2.24, 2.45) is 17.8 Å². The first-order valence-electron chi connectivity index (χ1n) is 7.29. The Morgan fingerprint density at radius 2 is 1.90 bits per heavy atom. The molecule has 0 radical (unpaired) electrons. The molecule has 0 aromatic heterocycles. The average molecular weight is 282 g/mol. The predicted molar refractivity (Wildman–Crippen MR) is 71.8 cm³/mol. The van der Waals surface area contributed by atoms with Crippen LogP contribution in [0.3, 0.4) is 0 Å². The molecule has 0 spiro atoms. The van der Waals surface area contributed by atoms with Crippen LogP contribution in [0, 0.1) is 17.8 Å². The Labute approximate surface area is 118 Å². The van der Waals surface area contributed by atoms with E-state index in [9.17, 15) is 14.4 Å². The maximum Gasteiger partial charge on any atom is 0.308 e. The van der Waals surface area contributed by atoms with Gasteiger partial charge in [0, 0.05) is 24.9 Å². The molecule has 0 aliphatic heterocycles. The molecule has 112 valence electrons. The van der Waals surface area contributed by atoms with Crippen LogP contribution < -0.4 is 10.6 Å². The maximum absolute atomic E-state index is 11.7. The molecule has 2 rings (SSSR count). The van der Waals surface area contributed by atoms with Crippen molar-refractivity contribution in [1.82, 2.24) is 10.6 Å². The van der Waals surface area contributed by atoms with Crippen LogP contribution in [-0.4, -0.2) is 35.5 Å². The van der Waals surface area contributed by atoms with Crippen molar-refractivity contribution >= 4 is 17.8 Å². The van der Waals surface area contributed by atoms with E-state index in [1.54, 1.807) is 0 Å². The maximum atomic E-state index is 11.7. The molecule has 2 aliphatic rings. The molecule has 0 aromatic rings. The fourth-order valence-corrected chi connectivity index (χ4v) is 2.83. The molecule has 0 saturated heterocycles. The molecule has 2 saturated carbocycles. The van der Waals surface area contributed by atoms with Gasteiger partial charge in [-0.15, -0.1) is 0 Å². The lowest BCUT2D eigenvalue weighted by Gasteiger charge is -2.17. The first-order valence-corrected chi connectivity index (χ1v) is 7.29. The van der Waals surface area contributed by atoms with Gasteiger partial charge in [-0.05, 0) is 25.2 Å². The summed E-state index contributed by atoms with van der Waals surface area (Å²) in [6.07, 6.45) is 3.31. The van der Waals surface area contributed by atoms with Gasteiger partial charge in [-0.1, -0.05) is 13.3 Å².